The minimum Gasteiger partial charge on any atom is -0.381 e. The van der Waals surface area contributed by atoms with Crippen LogP contribution in [0.15, 0.2) is 0 Å². The van der Waals surface area contributed by atoms with Gasteiger partial charge in [0.2, 0.25) is 0 Å². The zero-order valence-corrected chi connectivity index (χ0v) is 8.29. The van der Waals surface area contributed by atoms with Gasteiger partial charge >= 0.3 is 0 Å². The maximum absolute atomic E-state index is 10.6. The van der Waals surface area contributed by atoms with Crippen molar-refractivity contribution in [2.45, 2.75) is 12.5 Å². The minimum atomic E-state index is -3.95. The third kappa shape index (κ3) is 3.60. The van der Waals surface area contributed by atoms with Crippen molar-refractivity contribution in [2.75, 3.05) is 26.1 Å². The van der Waals surface area contributed by atoms with E-state index in [1.807, 2.05) is 0 Å². The van der Waals surface area contributed by atoms with Crippen molar-refractivity contribution in [3.63, 3.8) is 0 Å². The lowest BCUT2D eigenvalue weighted by Gasteiger charge is -2.18. The predicted molar refractivity (Wildman–Crippen MR) is 46.1 cm³/mol. The summed E-state index contributed by atoms with van der Waals surface area (Å²) in [6.07, 6.45) is 0.325. The Kier molecular flexibility index (Phi) is 3.66. The summed E-state index contributed by atoms with van der Waals surface area (Å²) >= 11 is 0. The van der Waals surface area contributed by atoms with Crippen LogP contribution >= 0.6 is 0 Å². The first-order valence-corrected chi connectivity index (χ1v) is 5.69. The van der Waals surface area contributed by atoms with Crippen LogP contribution in [-0.4, -0.2) is 45.2 Å². The van der Waals surface area contributed by atoms with Crippen molar-refractivity contribution in [2.24, 2.45) is 5.92 Å². The number of rotatable bonds is 4. The maximum Gasteiger partial charge on any atom is 0.267 e. The summed E-state index contributed by atoms with van der Waals surface area (Å²) in [6, 6.07) is 0. The molecule has 2 unspecified atom stereocenters. The fourth-order valence-electron chi connectivity index (χ4n) is 1.45. The highest BCUT2D eigenvalue weighted by Crippen LogP contribution is 2.19. The van der Waals surface area contributed by atoms with Gasteiger partial charge in [0.15, 0.2) is 0 Å². The molecule has 1 rings (SSSR count). The van der Waals surface area contributed by atoms with E-state index < -0.39 is 16.2 Å². The van der Waals surface area contributed by atoms with Gasteiger partial charge in [-0.25, -0.2) is 0 Å². The van der Waals surface area contributed by atoms with Crippen LogP contribution < -0.4 is 0 Å². The van der Waals surface area contributed by atoms with Crippen molar-refractivity contribution in [1.82, 2.24) is 0 Å². The molecular formula is C7H14O5S. The van der Waals surface area contributed by atoms with Gasteiger partial charge in [0.25, 0.3) is 10.1 Å². The quantitative estimate of drug-likeness (QED) is 0.657. The Bertz CT molecular complexity index is 242. The summed E-state index contributed by atoms with van der Waals surface area (Å²) in [4.78, 5) is 0. The van der Waals surface area contributed by atoms with Gasteiger partial charge in [-0.2, -0.15) is 8.42 Å². The third-order valence-electron chi connectivity index (χ3n) is 2.17. The lowest BCUT2D eigenvalue weighted by molar-refractivity contribution is 0.0601. The smallest absolute Gasteiger partial charge is 0.267 e. The molecule has 0 radical (unpaired) electrons. The Morgan fingerprint density at radius 2 is 2.38 bits per heavy atom. The largest absolute Gasteiger partial charge is 0.381 e. The van der Waals surface area contributed by atoms with Gasteiger partial charge in [-0.05, 0) is 6.42 Å². The first kappa shape index (κ1) is 10.9. The highest BCUT2D eigenvalue weighted by atomic mass is 32.2. The van der Waals surface area contributed by atoms with E-state index in [2.05, 4.69) is 0 Å². The van der Waals surface area contributed by atoms with E-state index in [9.17, 15) is 8.42 Å². The van der Waals surface area contributed by atoms with Crippen LogP contribution in [0.4, 0.5) is 0 Å². The second-order valence-corrected chi connectivity index (χ2v) is 4.64. The van der Waals surface area contributed by atoms with Gasteiger partial charge in [-0.3, -0.25) is 4.55 Å². The second-order valence-electron chi connectivity index (χ2n) is 3.15. The normalized spacial score (nSPS) is 26.2. The van der Waals surface area contributed by atoms with Crippen LogP contribution in [0.5, 0.6) is 0 Å². The van der Waals surface area contributed by atoms with Gasteiger partial charge in [0.05, 0.1) is 12.7 Å². The van der Waals surface area contributed by atoms with E-state index >= 15 is 0 Å². The van der Waals surface area contributed by atoms with Gasteiger partial charge in [0, 0.05) is 19.6 Å². The molecular weight excluding hydrogens is 196 g/mol. The lowest BCUT2D eigenvalue weighted by atomic mass is 10.0. The molecule has 78 valence electrons. The molecule has 1 heterocycles. The summed E-state index contributed by atoms with van der Waals surface area (Å²) in [6.45, 7) is 1.14. The molecule has 13 heavy (non-hydrogen) atoms. The number of methoxy groups -OCH3 is 1. The third-order valence-corrected chi connectivity index (χ3v) is 2.92. The molecule has 1 fully saturated rings. The second kappa shape index (κ2) is 4.36. The highest BCUT2D eigenvalue weighted by Gasteiger charge is 2.29. The molecule has 0 saturated carbocycles. The van der Waals surface area contributed by atoms with Gasteiger partial charge in [-0.1, -0.05) is 0 Å². The first-order valence-electron chi connectivity index (χ1n) is 4.08. The SMILES string of the molecule is COC(CS(=O)(=O)O)C1CCOC1. The molecule has 2 atom stereocenters. The molecule has 1 aliphatic heterocycles. The topological polar surface area (TPSA) is 72.8 Å². The number of hydrogen-bond acceptors (Lipinski definition) is 4. The molecule has 0 aromatic carbocycles. The van der Waals surface area contributed by atoms with Crippen LogP contribution in [0.2, 0.25) is 0 Å². The summed E-state index contributed by atoms with van der Waals surface area (Å²) in [5.41, 5.74) is 0. The van der Waals surface area contributed by atoms with Crippen molar-refractivity contribution in [3.05, 3.63) is 0 Å². The van der Waals surface area contributed by atoms with E-state index in [4.69, 9.17) is 14.0 Å². The van der Waals surface area contributed by atoms with Crippen molar-refractivity contribution < 1.29 is 22.4 Å². The fraction of sp³-hybridized carbons (Fsp3) is 1.00. The average molecular weight is 210 g/mol. The van der Waals surface area contributed by atoms with Crippen molar-refractivity contribution in [3.8, 4) is 0 Å². The Balaban J connectivity index is 2.51. The standard InChI is InChI=1S/C7H14O5S/c1-11-7(5-13(8,9)10)6-2-3-12-4-6/h6-7H,2-5H2,1H3,(H,8,9,10). The minimum absolute atomic E-state index is 0.0759. The van der Waals surface area contributed by atoms with Gasteiger partial charge in [-0.15, -0.1) is 0 Å². The summed E-state index contributed by atoms with van der Waals surface area (Å²) in [7, 11) is -2.51. The monoisotopic (exact) mass is 210 g/mol. The summed E-state index contributed by atoms with van der Waals surface area (Å²) in [5, 5.41) is 0. The molecule has 5 nitrogen and oxygen atoms in total. The molecule has 0 spiro atoms. The molecule has 1 N–H and O–H groups in total. The van der Waals surface area contributed by atoms with Gasteiger partial charge in [0.1, 0.15) is 5.75 Å². The Hall–Kier alpha value is -0.170. The Morgan fingerprint density at radius 1 is 1.69 bits per heavy atom. The number of ether oxygens (including phenoxy) is 2. The van der Waals surface area contributed by atoms with E-state index in [1.165, 1.54) is 7.11 Å². The van der Waals surface area contributed by atoms with Crippen molar-refractivity contribution in [1.29, 1.82) is 0 Å². The van der Waals surface area contributed by atoms with Crippen LogP contribution in [-0.2, 0) is 19.6 Å². The van der Waals surface area contributed by atoms with Crippen LogP contribution in [0.3, 0.4) is 0 Å². The fourth-order valence-corrected chi connectivity index (χ4v) is 2.27. The molecule has 0 amide bonds. The molecule has 0 aromatic rings. The molecule has 6 heteroatoms. The molecule has 0 aromatic heterocycles. The van der Waals surface area contributed by atoms with E-state index in [-0.39, 0.29) is 11.7 Å². The van der Waals surface area contributed by atoms with Gasteiger partial charge < -0.3 is 9.47 Å². The summed E-state index contributed by atoms with van der Waals surface area (Å²) in [5.74, 6) is -0.274. The summed E-state index contributed by atoms with van der Waals surface area (Å²) < 4.78 is 39.9. The predicted octanol–water partition coefficient (Wildman–Crippen LogP) is -0.0743. The van der Waals surface area contributed by atoms with Crippen LogP contribution in [0, 0.1) is 5.92 Å². The zero-order chi connectivity index (χ0) is 9.90. The Morgan fingerprint density at radius 3 is 2.77 bits per heavy atom. The lowest BCUT2D eigenvalue weighted by Crippen LogP contribution is -2.30. The van der Waals surface area contributed by atoms with Crippen LogP contribution in [0.25, 0.3) is 0 Å². The molecule has 0 aliphatic carbocycles. The zero-order valence-electron chi connectivity index (χ0n) is 7.47. The molecule has 1 aliphatic rings. The average Bonchev–Trinajstić information content (AvgIpc) is 2.50. The number of hydrogen-bond donors (Lipinski definition) is 1. The molecule has 0 bridgehead atoms. The van der Waals surface area contributed by atoms with Crippen LogP contribution in [0.1, 0.15) is 6.42 Å². The molecule has 1 saturated heterocycles. The van der Waals surface area contributed by atoms with E-state index in [0.29, 0.717) is 13.2 Å². The maximum atomic E-state index is 10.6. The van der Waals surface area contributed by atoms with E-state index in [1.54, 1.807) is 0 Å². The van der Waals surface area contributed by atoms with Crippen molar-refractivity contribution >= 4 is 10.1 Å². The van der Waals surface area contributed by atoms with E-state index in [0.717, 1.165) is 6.42 Å². The Labute approximate surface area is 77.8 Å². The highest BCUT2D eigenvalue weighted by molar-refractivity contribution is 7.85. The first-order chi connectivity index (χ1) is 6.03.